The second kappa shape index (κ2) is 7.35. The minimum absolute atomic E-state index is 0.0492. The highest BCUT2D eigenvalue weighted by molar-refractivity contribution is 6.74. The lowest BCUT2D eigenvalue weighted by Gasteiger charge is -2.39. The van der Waals surface area contributed by atoms with Crippen LogP contribution in [0.1, 0.15) is 20.8 Å². The molecule has 1 aliphatic heterocycles. The second-order valence-corrected chi connectivity index (χ2v) is 13.6. The summed E-state index contributed by atoms with van der Waals surface area (Å²) in [4.78, 5) is 12.8. The molecule has 2 rings (SSSR count). The molecule has 1 aliphatic rings. The van der Waals surface area contributed by atoms with Crippen LogP contribution in [0.3, 0.4) is 0 Å². The molecule has 1 amide bonds. The Bertz CT molecular complexity index is 629. The van der Waals surface area contributed by atoms with E-state index >= 15 is 0 Å². The molecule has 1 aromatic rings. The van der Waals surface area contributed by atoms with Gasteiger partial charge in [-0.1, -0.05) is 44.0 Å². The van der Waals surface area contributed by atoms with Gasteiger partial charge < -0.3 is 19.7 Å². The molecule has 0 spiro atoms. The van der Waals surface area contributed by atoms with Gasteiger partial charge in [0.25, 0.3) is 0 Å². The van der Waals surface area contributed by atoms with Gasteiger partial charge in [-0.05, 0) is 36.3 Å². The summed E-state index contributed by atoms with van der Waals surface area (Å²) in [5.74, 6) is 0. The van der Waals surface area contributed by atoms with Gasteiger partial charge in [-0.2, -0.15) is 0 Å². The third-order valence-corrected chi connectivity index (χ3v) is 9.94. The number of anilines is 1. The number of rotatable bonds is 4. The summed E-state index contributed by atoms with van der Waals surface area (Å²) in [7, 11) is -2.03. The summed E-state index contributed by atoms with van der Waals surface area (Å²) in [5, 5.41) is 13.8. The van der Waals surface area contributed by atoms with E-state index in [1.54, 1.807) is 18.2 Å². The van der Waals surface area contributed by atoms with Gasteiger partial charge in [0.1, 0.15) is 0 Å². The van der Waals surface area contributed by atoms with Crippen LogP contribution in [0.15, 0.2) is 18.2 Å². The largest absolute Gasteiger partial charge is 0.465 e. The van der Waals surface area contributed by atoms with Crippen molar-refractivity contribution in [3.8, 4) is 0 Å². The van der Waals surface area contributed by atoms with E-state index in [2.05, 4.69) is 39.2 Å². The summed E-state index contributed by atoms with van der Waals surface area (Å²) in [6.07, 6.45) is -1.15. The predicted molar refractivity (Wildman–Crippen MR) is 106 cm³/mol. The lowest BCUT2D eigenvalue weighted by molar-refractivity contribution is 0.141. The quantitative estimate of drug-likeness (QED) is 0.680. The van der Waals surface area contributed by atoms with E-state index in [9.17, 15) is 9.90 Å². The molecule has 0 unspecified atom stereocenters. The van der Waals surface area contributed by atoms with Gasteiger partial charge in [0.15, 0.2) is 8.32 Å². The number of likely N-dealkylation sites (tertiary alicyclic amines) is 1. The molecular formula is C17H26Cl2N2O3Si. The van der Waals surface area contributed by atoms with Crippen LogP contribution >= 0.6 is 23.2 Å². The van der Waals surface area contributed by atoms with Crippen LogP contribution < -0.4 is 5.32 Å². The van der Waals surface area contributed by atoms with Gasteiger partial charge in [-0.25, -0.2) is 4.79 Å². The van der Waals surface area contributed by atoms with Crippen molar-refractivity contribution in [2.24, 2.45) is 0 Å². The minimum Gasteiger partial charge on any atom is -0.465 e. The highest BCUT2D eigenvalue weighted by Gasteiger charge is 2.44. The highest BCUT2D eigenvalue weighted by Crippen LogP contribution is 2.38. The fourth-order valence-corrected chi connectivity index (χ4v) is 4.47. The molecule has 5 nitrogen and oxygen atoms in total. The Labute approximate surface area is 160 Å². The molecule has 1 saturated heterocycles. The Hall–Kier alpha value is -0.953. The summed E-state index contributed by atoms with van der Waals surface area (Å²) in [6.45, 7) is 11.6. The third kappa shape index (κ3) is 5.03. The predicted octanol–water partition coefficient (Wildman–Crippen LogP) is 5.16. The Morgan fingerprint density at radius 2 is 1.80 bits per heavy atom. The van der Waals surface area contributed by atoms with E-state index in [1.165, 1.54) is 4.90 Å². The molecular weight excluding hydrogens is 379 g/mol. The van der Waals surface area contributed by atoms with Crippen LogP contribution in [-0.2, 0) is 4.43 Å². The van der Waals surface area contributed by atoms with Crippen molar-refractivity contribution in [1.29, 1.82) is 0 Å². The van der Waals surface area contributed by atoms with Crippen molar-refractivity contribution in [3.05, 3.63) is 28.2 Å². The topological polar surface area (TPSA) is 61.8 Å². The molecule has 8 heteroatoms. The van der Waals surface area contributed by atoms with Gasteiger partial charge in [-0.3, -0.25) is 0 Å². The Morgan fingerprint density at radius 3 is 2.28 bits per heavy atom. The SMILES string of the molecule is CC(C)(C)[Si](C)(C)O[C@H]1CN(C(=O)O)C[C@@H]1Nc1cc(Cl)cc(Cl)c1. The van der Waals surface area contributed by atoms with E-state index in [1.807, 2.05) is 0 Å². The van der Waals surface area contributed by atoms with Crippen molar-refractivity contribution < 1.29 is 14.3 Å². The van der Waals surface area contributed by atoms with Gasteiger partial charge in [-0.15, -0.1) is 0 Å². The van der Waals surface area contributed by atoms with Gasteiger partial charge >= 0.3 is 6.09 Å². The number of nitrogens with one attached hydrogen (secondary N) is 1. The van der Waals surface area contributed by atoms with Crippen molar-refractivity contribution in [3.63, 3.8) is 0 Å². The van der Waals surface area contributed by atoms with Crippen molar-refractivity contribution >= 4 is 43.3 Å². The number of nitrogens with zero attached hydrogens (tertiary/aromatic N) is 1. The van der Waals surface area contributed by atoms with Crippen molar-refractivity contribution in [2.75, 3.05) is 18.4 Å². The van der Waals surface area contributed by atoms with Crippen molar-refractivity contribution in [2.45, 2.75) is 51.0 Å². The summed E-state index contributed by atoms with van der Waals surface area (Å²) in [6, 6.07) is 5.07. The number of carbonyl (C=O) groups is 1. The zero-order chi connectivity index (χ0) is 19.0. The molecule has 1 heterocycles. The summed E-state index contributed by atoms with van der Waals surface area (Å²) < 4.78 is 6.49. The fourth-order valence-electron chi connectivity index (χ4n) is 2.59. The maximum Gasteiger partial charge on any atom is 0.407 e. The van der Waals surface area contributed by atoms with Crippen LogP contribution in [0.25, 0.3) is 0 Å². The Kier molecular flexibility index (Phi) is 5.98. The van der Waals surface area contributed by atoms with Crippen LogP contribution in [-0.4, -0.2) is 49.7 Å². The maximum absolute atomic E-state index is 11.4. The molecule has 1 aromatic carbocycles. The number of hydrogen-bond donors (Lipinski definition) is 2. The Morgan fingerprint density at radius 1 is 1.24 bits per heavy atom. The number of carboxylic acid groups (broad SMARTS) is 1. The molecule has 0 radical (unpaired) electrons. The first kappa shape index (κ1) is 20.4. The van der Waals surface area contributed by atoms with Gasteiger partial charge in [0.05, 0.1) is 18.7 Å². The molecule has 1 fully saturated rings. The molecule has 140 valence electrons. The average molecular weight is 405 g/mol. The molecule has 2 atom stereocenters. The molecule has 0 aromatic heterocycles. The van der Waals surface area contributed by atoms with E-state index in [4.69, 9.17) is 27.6 Å². The normalized spacial score (nSPS) is 21.5. The number of hydrogen-bond acceptors (Lipinski definition) is 3. The molecule has 2 N–H and O–H groups in total. The van der Waals surface area contributed by atoms with E-state index in [0.29, 0.717) is 23.1 Å². The summed E-state index contributed by atoms with van der Waals surface area (Å²) >= 11 is 12.1. The highest BCUT2D eigenvalue weighted by atomic mass is 35.5. The van der Waals surface area contributed by atoms with E-state index in [0.717, 1.165) is 5.69 Å². The van der Waals surface area contributed by atoms with Gasteiger partial charge in [0.2, 0.25) is 0 Å². The number of halogens is 2. The van der Waals surface area contributed by atoms with Crippen LogP contribution in [0, 0.1) is 0 Å². The second-order valence-electron chi connectivity index (χ2n) is 8.01. The molecule has 25 heavy (non-hydrogen) atoms. The number of benzene rings is 1. The lowest BCUT2D eigenvalue weighted by Crippen LogP contribution is -2.48. The molecule has 0 bridgehead atoms. The lowest BCUT2D eigenvalue weighted by atomic mass is 10.2. The summed E-state index contributed by atoms with van der Waals surface area (Å²) in [5.41, 5.74) is 0.763. The average Bonchev–Trinajstić information content (AvgIpc) is 2.78. The fraction of sp³-hybridized carbons (Fsp3) is 0.588. The zero-order valence-electron chi connectivity index (χ0n) is 15.3. The first-order chi connectivity index (χ1) is 11.4. The first-order valence-corrected chi connectivity index (χ1v) is 11.9. The van der Waals surface area contributed by atoms with E-state index in [-0.39, 0.29) is 17.2 Å². The Balaban J connectivity index is 2.21. The maximum atomic E-state index is 11.4. The number of amides is 1. The van der Waals surface area contributed by atoms with Gasteiger partial charge in [0, 0.05) is 22.3 Å². The smallest absolute Gasteiger partial charge is 0.407 e. The molecule has 0 aliphatic carbocycles. The van der Waals surface area contributed by atoms with Crippen LogP contribution in [0.4, 0.5) is 10.5 Å². The van der Waals surface area contributed by atoms with Crippen molar-refractivity contribution in [1.82, 2.24) is 4.90 Å². The van der Waals surface area contributed by atoms with Crippen LogP contribution in [0.2, 0.25) is 28.2 Å². The first-order valence-electron chi connectivity index (χ1n) is 8.27. The van der Waals surface area contributed by atoms with E-state index < -0.39 is 14.4 Å². The zero-order valence-corrected chi connectivity index (χ0v) is 17.8. The monoisotopic (exact) mass is 404 g/mol. The minimum atomic E-state index is -2.03. The molecule has 0 saturated carbocycles. The standard InChI is InChI=1S/C17H26Cl2N2O3Si/c1-17(2,3)25(4,5)24-15-10-21(16(22)23)9-14(15)20-13-7-11(18)6-12(19)8-13/h6-8,14-15,20H,9-10H2,1-5H3,(H,22,23)/t14-,15-/m0/s1. The third-order valence-electron chi connectivity index (χ3n) is 5.00. The van der Waals surface area contributed by atoms with Crippen LogP contribution in [0.5, 0.6) is 0 Å².